The van der Waals surface area contributed by atoms with Crippen LogP contribution < -0.4 is 0 Å². The van der Waals surface area contributed by atoms with Gasteiger partial charge in [0.25, 0.3) is 0 Å². The van der Waals surface area contributed by atoms with E-state index in [-0.39, 0.29) is 16.2 Å². The Morgan fingerprint density at radius 2 is 0.506 bits per heavy atom. The standard InChI is InChI=1S/3C23H18.6C2H6/c1-23(2)20-14-8-7-13-19(20)21-17-11-5-3-9-15(17)16-10-4-6-12-18(16)22(21)23;1-23(2)20-10-6-5-9-18(20)19-14-13-16-12-11-15-7-3-4-8-17(15)21(16)22(19)23;1-23(2)21-10-6-5-9-18(21)20-14-13-17-16-8-4-3-7-15(16)11-12-19(17)22(20)23;6*1-2/h3*3-14H,1-2H3;6*1-2H3. The van der Waals surface area contributed by atoms with Crippen LogP contribution in [0.25, 0.3) is 98.0 Å². The summed E-state index contributed by atoms with van der Waals surface area (Å²) in [5.74, 6) is 0. The topological polar surface area (TPSA) is 0 Å². The average Bonchev–Trinajstić information content (AvgIpc) is 4.05. The Kier molecular flexibility index (Phi) is 19.7. The largest absolute Gasteiger partial charge is 0.0683 e. The van der Waals surface area contributed by atoms with E-state index in [4.69, 9.17) is 0 Å². The summed E-state index contributed by atoms with van der Waals surface area (Å²) in [6.45, 7) is 38.1. The second-order valence-electron chi connectivity index (χ2n) is 21.1. The van der Waals surface area contributed by atoms with Gasteiger partial charge in [-0.1, -0.05) is 343 Å². The van der Waals surface area contributed by atoms with Gasteiger partial charge in [-0.3, -0.25) is 0 Å². The van der Waals surface area contributed by atoms with Crippen molar-refractivity contribution >= 4 is 64.6 Å². The van der Waals surface area contributed by atoms with Gasteiger partial charge in [0.15, 0.2) is 0 Å². The molecule has 0 unspecified atom stereocenters. The second-order valence-corrected chi connectivity index (χ2v) is 21.1. The molecule has 12 aromatic rings. The first-order valence-electron chi connectivity index (χ1n) is 30.7. The Morgan fingerprint density at radius 3 is 1.07 bits per heavy atom. The molecule has 3 aliphatic carbocycles. The van der Waals surface area contributed by atoms with Gasteiger partial charge >= 0.3 is 0 Å². The summed E-state index contributed by atoms with van der Waals surface area (Å²) in [7, 11) is 0. The van der Waals surface area contributed by atoms with E-state index in [0.717, 1.165) is 0 Å². The third-order valence-corrected chi connectivity index (χ3v) is 16.3. The molecule has 0 heterocycles. The molecule has 81 heavy (non-hydrogen) atoms. The molecule has 0 aromatic heterocycles. The van der Waals surface area contributed by atoms with Gasteiger partial charge in [-0.2, -0.15) is 0 Å². The summed E-state index contributed by atoms with van der Waals surface area (Å²) in [4.78, 5) is 0. The Bertz CT molecular complexity index is 4090. The molecule has 0 saturated carbocycles. The van der Waals surface area contributed by atoms with Crippen molar-refractivity contribution in [2.45, 2.75) is 141 Å². The van der Waals surface area contributed by atoms with Gasteiger partial charge in [0, 0.05) is 16.2 Å². The van der Waals surface area contributed by atoms with E-state index >= 15 is 0 Å². The maximum atomic E-state index is 2.36. The van der Waals surface area contributed by atoms with Crippen molar-refractivity contribution in [2.75, 3.05) is 0 Å². The summed E-state index contributed by atoms with van der Waals surface area (Å²) in [5.41, 5.74) is 17.3. The molecule has 0 saturated heterocycles. The molecule has 12 aromatic carbocycles. The number of hydrogen-bond acceptors (Lipinski definition) is 0. The zero-order valence-corrected chi connectivity index (χ0v) is 52.3. The summed E-state index contributed by atoms with van der Waals surface area (Å²) < 4.78 is 0. The molecule has 414 valence electrons. The van der Waals surface area contributed by atoms with Crippen molar-refractivity contribution in [1.29, 1.82) is 0 Å². The van der Waals surface area contributed by atoms with Gasteiger partial charge in [0.05, 0.1) is 0 Å². The molecule has 0 N–H and O–H groups in total. The van der Waals surface area contributed by atoms with E-state index in [0.29, 0.717) is 0 Å². The quantitative estimate of drug-likeness (QED) is 0.133. The van der Waals surface area contributed by atoms with Crippen molar-refractivity contribution in [3.05, 3.63) is 252 Å². The number of benzene rings is 12. The minimum Gasteiger partial charge on any atom is -0.0683 e. The predicted molar refractivity (Wildman–Crippen MR) is 365 cm³/mol. The fraction of sp³-hybridized carbons (Fsp3) is 0.259. The van der Waals surface area contributed by atoms with Gasteiger partial charge < -0.3 is 0 Å². The SMILES string of the molecule is CC.CC.CC.CC.CC.CC.CC1(C)c2ccccc2-c2c1c1ccccc1c1ccccc21.CC1(C)c2ccccc2-c2ccc3c(ccc4ccccc43)c21.CC1(C)c2ccccc2-c2ccc3ccc4ccccc4c3c21. The lowest BCUT2D eigenvalue weighted by atomic mass is 9.79. The van der Waals surface area contributed by atoms with Gasteiger partial charge in [-0.25, -0.2) is 0 Å². The van der Waals surface area contributed by atoms with Crippen LogP contribution in [0.15, 0.2) is 218 Å². The molecule has 0 nitrogen and oxygen atoms in total. The van der Waals surface area contributed by atoms with E-state index < -0.39 is 0 Å². The van der Waals surface area contributed by atoms with Crippen LogP contribution in [0.2, 0.25) is 0 Å². The fourth-order valence-electron chi connectivity index (χ4n) is 13.2. The lowest BCUT2D eigenvalue weighted by molar-refractivity contribution is 0.666. The lowest BCUT2D eigenvalue weighted by Gasteiger charge is -2.24. The van der Waals surface area contributed by atoms with Gasteiger partial charge in [0.1, 0.15) is 0 Å². The summed E-state index contributed by atoms with van der Waals surface area (Å²) >= 11 is 0. The van der Waals surface area contributed by atoms with E-state index in [9.17, 15) is 0 Å². The molecule has 15 rings (SSSR count). The molecule has 0 fully saturated rings. The summed E-state index contributed by atoms with van der Waals surface area (Å²) in [6.07, 6.45) is 0. The minimum atomic E-state index is 0.0373. The van der Waals surface area contributed by atoms with Crippen LogP contribution in [0.1, 0.15) is 158 Å². The molecule has 0 heteroatoms. The second kappa shape index (κ2) is 26.2. The Morgan fingerprint density at radius 1 is 0.198 bits per heavy atom. The monoisotopic (exact) mass is 1060 g/mol. The number of fused-ring (bicyclic) bond motifs is 22. The average molecular weight is 1060 g/mol. The van der Waals surface area contributed by atoms with Crippen molar-refractivity contribution in [2.24, 2.45) is 0 Å². The summed E-state index contributed by atoms with van der Waals surface area (Å²) in [5, 5.41) is 16.3. The normalized spacial score (nSPS) is 13.1. The molecule has 0 radical (unpaired) electrons. The molecule has 0 amide bonds. The Hall–Kier alpha value is -7.80. The highest BCUT2D eigenvalue weighted by Crippen LogP contribution is 2.56. The smallest absolute Gasteiger partial charge is 0.0165 e. The van der Waals surface area contributed by atoms with Crippen molar-refractivity contribution in [3.63, 3.8) is 0 Å². The third kappa shape index (κ3) is 10.4. The zero-order valence-electron chi connectivity index (χ0n) is 52.3. The van der Waals surface area contributed by atoms with Crippen molar-refractivity contribution in [3.8, 4) is 33.4 Å². The van der Waals surface area contributed by atoms with Crippen molar-refractivity contribution < 1.29 is 0 Å². The molecule has 3 aliphatic rings. The van der Waals surface area contributed by atoms with Crippen LogP contribution in [0.5, 0.6) is 0 Å². The van der Waals surface area contributed by atoms with Crippen LogP contribution in [0.4, 0.5) is 0 Å². The minimum absolute atomic E-state index is 0.0373. The molecule has 0 aliphatic heterocycles. The van der Waals surface area contributed by atoms with Crippen LogP contribution in [-0.2, 0) is 16.2 Å². The van der Waals surface area contributed by atoms with Crippen LogP contribution >= 0.6 is 0 Å². The number of hydrogen-bond donors (Lipinski definition) is 0. The highest BCUT2D eigenvalue weighted by molar-refractivity contribution is 6.18. The molecular formula is C81H90. The number of rotatable bonds is 0. The first-order chi connectivity index (χ1) is 39.5. The fourth-order valence-corrected chi connectivity index (χ4v) is 13.2. The highest BCUT2D eigenvalue weighted by Gasteiger charge is 2.40. The maximum absolute atomic E-state index is 2.36. The Labute approximate surface area is 487 Å². The van der Waals surface area contributed by atoms with Crippen LogP contribution in [0, 0.1) is 0 Å². The third-order valence-electron chi connectivity index (χ3n) is 16.3. The highest BCUT2D eigenvalue weighted by atomic mass is 14.4. The van der Waals surface area contributed by atoms with E-state index in [2.05, 4.69) is 260 Å². The van der Waals surface area contributed by atoms with E-state index in [1.807, 2.05) is 83.1 Å². The first-order valence-corrected chi connectivity index (χ1v) is 30.7. The predicted octanol–water partition coefficient (Wildman–Crippen LogP) is 25.1. The van der Waals surface area contributed by atoms with Crippen LogP contribution in [-0.4, -0.2) is 0 Å². The van der Waals surface area contributed by atoms with Gasteiger partial charge in [-0.05, 0) is 131 Å². The van der Waals surface area contributed by atoms with Gasteiger partial charge in [0.2, 0.25) is 0 Å². The van der Waals surface area contributed by atoms with E-state index in [1.165, 1.54) is 131 Å². The lowest BCUT2D eigenvalue weighted by Crippen LogP contribution is -2.15. The van der Waals surface area contributed by atoms with E-state index in [1.54, 1.807) is 0 Å². The first kappa shape index (κ1) is 60.8. The molecule has 0 bridgehead atoms. The Balaban J connectivity index is 0.000000160. The molecule has 0 atom stereocenters. The summed E-state index contributed by atoms with van der Waals surface area (Å²) in [6, 6.07) is 80.0. The van der Waals surface area contributed by atoms with Crippen LogP contribution in [0.3, 0.4) is 0 Å². The van der Waals surface area contributed by atoms with Crippen molar-refractivity contribution in [1.82, 2.24) is 0 Å². The van der Waals surface area contributed by atoms with Gasteiger partial charge in [-0.15, -0.1) is 0 Å². The zero-order chi connectivity index (χ0) is 58.8. The molecular weight excluding hydrogens is 973 g/mol. The molecule has 0 spiro atoms. The maximum Gasteiger partial charge on any atom is 0.0165 e.